The van der Waals surface area contributed by atoms with E-state index in [-0.39, 0.29) is 12.8 Å². The predicted octanol–water partition coefficient (Wildman–Crippen LogP) is 3.65. The molecule has 1 aromatic heterocycles. The quantitative estimate of drug-likeness (QED) is 0.807. The summed E-state index contributed by atoms with van der Waals surface area (Å²) in [4.78, 5) is 0. The van der Waals surface area contributed by atoms with Crippen LogP contribution in [0.4, 0.5) is 13.2 Å². The molecule has 1 aliphatic rings. The Kier molecular flexibility index (Phi) is 3.01. The van der Waals surface area contributed by atoms with E-state index in [1.54, 1.807) is 0 Å². The zero-order valence-corrected chi connectivity index (χ0v) is 9.57. The highest BCUT2D eigenvalue weighted by Gasteiger charge is 2.45. The van der Waals surface area contributed by atoms with Crippen LogP contribution in [0.25, 0.3) is 0 Å². The molecule has 0 unspecified atom stereocenters. The highest BCUT2D eigenvalue weighted by molar-refractivity contribution is 7.08. The van der Waals surface area contributed by atoms with Crippen molar-refractivity contribution >= 4 is 11.3 Å². The molecule has 0 atom stereocenters. The third-order valence-electron chi connectivity index (χ3n) is 3.44. The van der Waals surface area contributed by atoms with Crippen LogP contribution in [0.3, 0.4) is 0 Å². The second-order valence-electron chi connectivity index (χ2n) is 4.48. The Morgan fingerprint density at radius 3 is 2.38 bits per heavy atom. The minimum Gasteiger partial charge on any atom is -0.321 e. The minimum absolute atomic E-state index is 0.149. The lowest BCUT2D eigenvalue weighted by atomic mass is 9.74. The Labute approximate surface area is 96.5 Å². The molecule has 2 N–H and O–H groups in total. The van der Waals surface area contributed by atoms with Gasteiger partial charge in [-0.1, -0.05) is 0 Å². The van der Waals surface area contributed by atoms with Crippen LogP contribution in [0.15, 0.2) is 16.8 Å². The van der Waals surface area contributed by atoms with Gasteiger partial charge < -0.3 is 5.73 Å². The van der Waals surface area contributed by atoms with E-state index >= 15 is 0 Å². The smallest absolute Gasteiger partial charge is 0.321 e. The molecule has 1 aliphatic carbocycles. The first-order chi connectivity index (χ1) is 7.42. The number of alkyl halides is 3. The molecule has 0 amide bonds. The fraction of sp³-hybridized carbons (Fsp3) is 0.636. The molecular weight excluding hydrogens is 235 g/mol. The average Bonchev–Trinajstić information content (AvgIpc) is 2.70. The molecule has 1 heterocycles. The largest absolute Gasteiger partial charge is 0.391 e. The van der Waals surface area contributed by atoms with Crippen LogP contribution in [0.2, 0.25) is 0 Å². The van der Waals surface area contributed by atoms with Gasteiger partial charge in [-0.2, -0.15) is 24.5 Å². The Bertz CT molecular complexity index is 337. The fourth-order valence-corrected chi connectivity index (χ4v) is 3.06. The van der Waals surface area contributed by atoms with Gasteiger partial charge in [-0.05, 0) is 48.1 Å². The van der Waals surface area contributed by atoms with Crippen LogP contribution >= 0.6 is 11.3 Å². The third kappa shape index (κ3) is 2.25. The zero-order chi connectivity index (χ0) is 11.8. The van der Waals surface area contributed by atoms with Crippen molar-refractivity contribution in [2.45, 2.75) is 37.4 Å². The number of hydrogen-bond acceptors (Lipinski definition) is 2. The fourth-order valence-electron chi connectivity index (χ4n) is 2.30. The van der Waals surface area contributed by atoms with Crippen molar-refractivity contribution in [3.63, 3.8) is 0 Å². The van der Waals surface area contributed by atoms with E-state index in [1.807, 2.05) is 16.8 Å². The summed E-state index contributed by atoms with van der Waals surface area (Å²) in [5.74, 6) is -1.16. The highest BCUT2D eigenvalue weighted by Crippen LogP contribution is 2.44. The lowest BCUT2D eigenvalue weighted by molar-refractivity contribution is -0.184. The summed E-state index contributed by atoms with van der Waals surface area (Å²) in [7, 11) is 0. The van der Waals surface area contributed by atoms with Gasteiger partial charge in [0.25, 0.3) is 0 Å². The minimum atomic E-state index is -4.06. The maximum atomic E-state index is 12.5. The molecule has 1 saturated carbocycles. The number of halogens is 3. The summed E-state index contributed by atoms with van der Waals surface area (Å²) >= 11 is 1.54. The van der Waals surface area contributed by atoms with Crippen molar-refractivity contribution in [3.8, 4) is 0 Å². The van der Waals surface area contributed by atoms with E-state index in [2.05, 4.69) is 0 Å². The van der Waals surface area contributed by atoms with E-state index in [0.29, 0.717) is 12.8 Å². The van der Waals surface area contributed by atoms with E-state index in [4.69, 9.17) is 5.73 Å². The van der Waals surface area contributed by atoms with Crippen molar-refractivity contribution in [1.29, 1.82) is 0 Å². The zero-order valence-electron chi connectivity index (χ0n) is 8.76. The monoisotopic (exact) mass is 249 g/mol. The summed E-state index contributed by atoms with van der Waals surface area (Å²) in [5.41, 5.74) is 6.61. The van der Waals surface area contributed by atoms with Gasteiger partial charge in [-0.25, -0.2) is 0 Å². The molecule has 1 fully saturated rings. The lowest BCUT2D eigenvalue weighted by Gasteiger charge is -2.37. The number of hydrogen-bond donors (Lipinski definition) is 1. The Morgan fingerprint density at radius 1 is 1.31 bits per heavy atom. The molecule has 0 radical (unpaired) electrons. The number of thiophene rings is 1. The van der Waals surface area contributed by atoms with Crippen LogP contribution in [-0.2, 0) is 5.54 Å². The van der Waals surface area contributed by atoms with Gasteiger partial charge in [0.15, 0.2) is 0 Å². The molecule has 90 valence electrons. The molecule has 0 bridgehead atoms. The number of rotatable bonds is 1. The molecule has 2 rings (SSSR count). The molecule has 1 nitrogen and oxygen atoms in total. The van der Waals surface area contributed by atoms with E-state index in [0.717, 1.165) is 5.56 Å². The summed E-state index contributed by atoms with van der Waals surface area (Å²) < 4.78 is 37.5. The van der Waals surface area contributed by atoms with Crippen molar-refractivity contribution in [2.24, 2.45) is 11.7 Å². The van der Waals surface area contributed by atoms with Crippen molar-refractivity contribution in [2.75, 3.05) is 0 Å². The Hall–Kier alpha value is -0.550. The molecule has 0 aliphatic heterocycles. The lowest BCUT2D eigenvalue weighted by Crippen LogP contribution is -2.42. The normalized spacial score (nSPS) is 31.6. The standard InChI is InChI=1S/C11H14F3NS/c12-11(13,14)8-1-4-10(15,5-2-8)9-3-6-16-7-9/h3,6-8H,1-2,4-5,15H2. The summed E-state index contributed by atoms with van der Waals surface area (Å²) in [5, 5.41) is 3.85. The van der Waals surface area contributed by atoms with Gasteiger partial charge >= 0.3 is 6.18 Å². The van der Waals surface area contributed by atoms with Crippen LogP contribution in [0, 0.1) is 5.92 Å². The summed E-state index contributed by atoms with van der Waals surface area (Å²) in [6.07, 6.45) is -2.91. The predicted molar refractivity (Wildman–Crippen MR) is 58.2 cm³/mol. The van der Waals surface area contributed by atoms with Gasteiger partial charge in [0, 0.05) is 5.54 Å². The first-order valence-corrected chi connectivity index (χ1v) is 6.24. The molecule has 0 spiro atoms. The summed E-state index contributed by atoms with van der Waals surface area (Å²) in [6, 6.07) is 1.92. The topological polar surface area (TPSA) is 26.0 Å². The molecule has 16 heavy (non-hydrogen) atoms. The molecular formula is C11H14F3NS. The van der Waals surface area contributed by atoms with Crippen molar-refractivity contribution in [1.82, 2.24) is 0 Å². The van der Waals surface area contributed by atoms with Crippen LogP contribution in [-0.4, -0.2) is 6.18 Å². The highest BCUT2D eigenvalue weighted by atomic mass is 32.1. The summed E-state index contributed by atoms with van der Waals surface area (Å²) in [6.45, 7) is 0. The van der Waals surface area contributed by atoms with E-state index < -0.39 is 17.6 Å². The SMILES string of the molecule is NC1(c2ccsc2)CCC(C(F)(F)F)CC1. The van der Waals surface area contributed by atoms with Gasteiger partial charge in [0.2, 0.25) is 0 Å². The van der Waals surface area contributed by atoms with E-state index in [9.17, 15) is 13.2 Å². The van der Waals surface area contributed by atoms with Crippen LogP contribution < -0.4 is 5.73 Å². The molecule has 0 aromatic carbocycles. The van der Waals surface area contributed by atoms with Crippen LogP contribution in [0.5, 0.6) is 0 Å². The first-order valence-electron chi connectivity index (χ1n) is 5.30. The Morgan fingerprint density at radius 2 is 1.94 bits per heavy atom. The maximum Gasteiger partial charge on any atom is 0.391 e. The molecule has 0 saturated heterocycles. The van der Waals surface area contributed by atoms with Gasteiger partial charge in [-0.15, -0.1) is 0 Å². The third-order valence-corrected chi connectivity index (χ3v) is 4.12. The van der Waals surface area contributed by atoms with Gasteiger partial charge in [0.1, 0.15) is 0 Å². The van der Waals surface area contributed by atoms with Crippen LogP contribution in [0.1, 0.15) is 31.2 Å². The average molecular weight is 249 g/mol. The number of nitrogens with two attached hydrogens (primary N) is 1. The first kappa shape index (κ1) is 11.9. The van der Waals surface area contributed by atoms with Gasteiger partial charge in [0.05, 0.1) is 5.92 Å². The molecule has 1 aromatic rings. The second kappa shape index (κ2) is 4.04. The second-order valence-corrected chi connectivity index (χ2v) is 5.26. The Balaban J connectivity index is 2.05. The van der Waals surface area contributed by atoms with Crippen molar-refractivity contribution in [3.05, 3.63) is 22.4 Å². The van der Waals surface area contributed by atoms with Crippen molar-refractivity contribution < 1.29 is 13.2 Å². The van der Waals surface area contributed by atoms with Gasteiger partial charge in [-0.3, -0.25) is 0 Å². The molecule has 5 heteroatoms. The maximum absolute atomic E-state index is 12.5. The van der Waals surface area contributed by atoms with E-state index in [1.165, 1.54) is 11.3 Å².